The number of pyridine rings is 1. The lowest BCUT2D eigenvalue weighted by atomic mass is 9.98. The van der Waals surface area contributed by atoms with Crippen molar-refractivity contribution in [2.24, 2.45) is 7.05 Å². The molecule has 0 amide bonds. The van der Waals surface area contributed by atoms with E-state index in [2.05, 4.69) is 46.8 Å². The van der Waals surface area contributed by atoms with Gasteiger partial charge in [-0.25, -0.2) is 9.50 Å². The zero-order valence-corrected chi connectivity index (χ0v) is 21.7. The largest absolute Gasteiger partial charge is 0.364 e. The van der Waals surface area contributed by atoms with E-state index < -0.39 is 0 Å². The molecule has 11 heteroatoms. The van der Waals surface area contributed by atoms with E-state index in [1.165, 1.54) is 0 Å². The van der Waals surface area contributed by atoms with Gasteiger partial charge in [0.25, 0.3) is 5.56 Å². The number of aryl methyl sites for hydroxylation is 1. The van der Waals surface area contributed by atoms with Crippen LogP contribution in [0.3, 0.4) is 0 Å². The first-order valence-corrected chi connectivity index (χ1v) is 12.7. The molecule has 0 spiro atoms. The van der Waals surface area contributed by atoms with Crippen LogP contribution in [0.5, 0.6) is 0 Å². The molecule has 5 rings (SSSR count). The van der Waals surface area contributed by atoms with E-state index >= 15 is 0 Å². The molecule has 0 bridgehead atoms. The Labute approximate surface area is 214 Å². The first-order valence-electron chi connectivity index (χ1n) is 12.3. The second-order valence-electron chi connectivity index (χ2n) is 9.42. The number of nitrogens with zero attached hydrogens (tertiary/aromatic N) is 9. The highest BCUT2D eigenvalue weighted by Crippen LogP contribution is 2.34. The Morgan fingerprint density at radius 3 is 2.69 bits per heavy atom. The van der Waals surface area contributed by atoms with Crippen molar-refractivity contribution in [3.05, 3.63) is 51.8 Å². The third kappa shape index (κ3) is 4.12. The predicted molar refractivity (Wildman–Crippen MR) is 139 cm³/mol. The third-order valence-corrected chi connectivity index (χ3v) is 7.59. The van der Waals surface area contributed by atoms with Gasteiger partial charge >= 0.3 is 0 Å². The molecule has 10 nitrogen and oxygen atoms in total. The maximum absolute atomic E-state index is 12.9. The lowest BCUT2D eigenvalue weighted by Crippen LogP contribution is -2.59. The normalized spacial score (nSPS) is 19.7. The van der Waals surface area contributed by atoms with Gasteiger partial charge in [0.05, 0.1) is 29.2 Å². The summed E-state index contributed by atoms with van der Waals surface area (Å²) in [4.78, 5) is 22.6. The average Bonchev–Trinajstić information content (AvgIpc) is 3.47. The van der Waals surface area contributed by atoms with Crippen molar-refractivity contribution in [1.29, 1.82) is 5.26 Å². The highest BCUT2D eigenvalue weighted by atomic mass is 35.5. The van der Waals surface area contributed by atoms with E-state index in [1.54, 1.807) is 39.1 Å². The maximum atomic E-state index is 12.9. The lowest BCUT2D eigenvalue weighted by Gasteiger charge is -2.49. The molecule has 1 fully saturated rings. The second kappa shape index (κ2) is 9.56. The first-order chi connectivity index (χ1) is 17.3. The molecule has 0 aliphatic carbocycles. The Morgan fingerprint density at radius 1 is 1.19 bits per heavy atom. The number of aromatic nitrogens is 6. The third-order valence-electron chi connectivity index (χ3n) is 7.40. The molecule has 4 aromatic rings. The number of hydrogen-bond acceptors (Lipinski definition) is 7. The summed E-state index contributed by atoms with van der Waals surface area (Å²) >= 11 is 6.07. The van der Waals surface area contributed by atoms with Gasteiger partial charge in [0.2, 0.25) is 0 Å². The summed E-state index contributed by atoms with van der Waals surface area (Å²) in [7, 11) is 1.75. The van der Waals surface area contributed by atoms with Crippen LogP contribution in [0.25, 0.3) is 16.7 Å². The van der Waals surface area contributed by atoms with Crippen LogP contribution in [-0.2, 0) is 13.6 Å². The highest BCUT2D eigenvalue weighted by molar-refractivity contribution is 6.29. The number of rotatable bonds is 6. The van der Waals surface area contributed by atoms with E-state index in [0.717, 1.165) is 54.0 Å². The van der Waals surface area contributed by atoms with Crippen LogP contribution in [-0.4, -0.2) is 59.0 Å². The number of hydrogen-bond donors (Lipinski definition) is 0. The summed E-state index contributed by atoms with van der Waals surface area (Å²) in [6.45, 7) is 8.32. The van der Waals surface area contributed by atoms with Gasteiger partial charge in [-0.05, 0) is 25.8 Å². The van der Waals surface area contributed by atoms with Gasteiger partial charge in [0, 0.05) is 56.6 Å². The minimum atomic E-state index is -0.0790. The summed E-state index contributed by atoms with van der Waals surface area (Å²) in [5.74, 6) is 0. The van der Waals surface area contributed by atoms with Crippen LogP contribution in [0.4, 0.5) is 5.69 Å². The topological polar surface area (TPSA) is 100 Å². The quantitative estimate of drug-likeness (QED) is 0.394. The molecule has 4 aromatic heterocycles. The fourth-order valence-electron chi connectivity index (χ4n) is 5.33. The van der Waals surface area contributed by atoms with Gasteiger partial charge in [-0.1, -0.05) is 25.4 Å². The minimum absolute atomic E-state index is 0.0790. The Hall–Kier alpha value is -3.42. The lowest BCUT2D eigenvalue weighted by molar-refractivity contribution is 0.0992. The van der Waals surface area contributed by atoms with E-state index in [4.69, 9.17) is 21.8 Å². The molecule has 1 aliphatic rings. The molecule has 0 aromatic carbocycles. The van der Waals surface area contributed by atoms with Crippen LogP contribution in [0.1, 0.15) is 45.3 Å². The van der Waals surface area contributed by atoms with Crippen LogP contribution in [0, 0.1) is 11.3 Å². The maximum Gasteiger partial charge on any atom is 0.252 e. The molecule has 0 unspecified atom stereocenters. The van der Waals surface area contributed by atoms with E-state index in [9.17, 15) is 4.79 Å². The number of halogens is 1. The monoisotopic (exact) mass is 507 g/mol. The number of nitriles is 1. The first kappa shape index (κ1) is 24.3. The molecule has 1 aliphatic heterocycles. The van der Waals surface area contributed by atoms with Gasteiger partial charge in [-0.3, -0.25) is 14.4 Å². The van der Waals surface area contributed by atoms with E-state index in [0.29, 0.717) is 5.15 Å². The fourth-order valence-corrected chi connectivity index (χ4v) is 5.51. The van der Waals surface area contributed by atoms with Gasteiger partial charge in [-0.15, -0.1) is 0 Å². The Balaban J connectivity index is 1.50. The molecular formula is C25H30ClN9O. The molecule has 5 heterocycles. The summed E-state index contributed by atoms with van der Waals surface area (Å²) < 4.78 is 4.89. The van der Waals surface area contributed by atoms with Crippen molar-refractivity contribution >= 4 is 34.0 Å². The summed E-state index contributed by atoms with van der Waals surface area (Å²) in [6.07, 6.45) is 5.56. The van der Waals surface area contributed by atoms with E-state index in [-0.39, 0.29) is 30.2 Å². The average molecular weight is 508 g/mol. The minimum Gasteiger partial charge on any atom is -0.364 e. The number of fused-ring (bicyclic) bond motifs is 2. The summed E-state index contributed by atoms with van der Waals surface area (Å²) in [5, 5.41) is 18.5. The predicted octanol–water partition coefficient (Wildman–Crippen LogP) is 3.40. The standard InChI is InChI=1S/C25H30ClN9O/c1-5-17-14-34(20-11-24(36)31(4)21-15-32(10-8-27)30-25(20)21)18(6-2)13-33(17)16(3)19-7-9-35-23(28-19)12-22(26)29-35/h7,9,11-12,15-18H,5-6,10,13-14H2,1-4H3/t16-,17-,18+/m1/s1. The molecule has 188 valence electrons. The molecular weight excluding hydrogens is 478 g/mol. The van der Waals surface area contributed by atoms with Crippen molar-refractivity contribution in [3.63, 3.8) is 0 Å². The summed E-state index contributed by atoms with van der Waals surface area (Å²) in [6, 6.07) is 8.16. The number of anilines is 1. The van der Waals surface area contributed by atoms with Crippen molar-refractivity contribution in [3.8, 4) is 6.07 Å². The van der Waals surface area contributed by atoms with Gasteiger partial charge < -0.3 is 9.47 Å². The number of piperazine rings is 1. The molecule has 3 atom stereocenters. The molecule has 36 heavy (non-hydrogen) atoms. The van der Waals surface area contributed by atoms with Crippen molar-refractivity contribution in [2.45, 2.75) is 58.3 Å². The van der Waals surface area contributed by atoms with Gasteiger partial charge in [-0.2, -0.15) is 15.5 Å². The van der Waals surface area contributed by atoms with Crippen LogP contribution in [0.15, 0.2) is 35.4 Å². The Morgan fingerprint density at radius 2 is 1.97 bits per heavy atom. The van der Waals surface area contributed by atoms with Crippen LogP contribution < -0.4 is 10.5 Å². The smallest absolute Gasteiger partial charge is 0.252 e. The molecule has 0 N–H and O–H groups in total. The zero-order chi connectivity index (χ0) is 25.6. The van der Waals surface area contributed by atoms with Crippen molar-refractivity contribution in [1.82, 2.24) is 33.8 Å². The van der Waals surface area contributed by atoms with Crippen molar-refractivity contribution < 1.29 is 0 Å². The summed E-state index contributed by atoms with van der Waals surface area (Å²) in [5.41, 5.74) is 3.97. The SMILES string of the molecule is CC[C@H]1CN([C@H](C)c2ccn3nc(Cl)cc3n2)[C@H](CC)CN1c1cc(=O)n(C)c2cn(CC#N)nc12. The van der Waals surface area contributed by atoms with Gasteiger partial charge in [0.15, 0.2) is 10.8 Å². The Bertz CT molecular complexity index is 1510. The molecule has 0 radical (unpaired) electrons. The van der Waals surface area contributed by atoms with Crippen molar-refractivity contribution in [2.75, 3.05) is 18.0 Å². The second-order valence-corrected chi connectivity index (χ2v) is 9.80. The molecule has 1 saturated heterocycles. The van der Waals surface area contributed by atoms with Crippen LogP contribution in [0.2, 0.25) is 5.15 Å². The zero-order valence-electron chi connectivity index (χ0n) is 21.0. The Kier molecular flexibility index (Phi) is 6.45. The molecule has 0 saturated carbocycles. The van der Waals surface area contributed by atoms with E-state index in [1.807, 2.05) is 12.3 Å². The fraction of sp³-hybridized carbons (Fsp3) is 0.480. The van der Waals surface area contributed by atoms with Gasteiger partial charge in [0.1, 0.15) is 12.1 Å². The highest BCUT2D eigenvalue weighted by Gasteiger charge is 2.36. The van der Waals surface area contributed by atoms with Crippen LogP contribution >= 0.6 is 11.6 Å².